The summed E-state index contributed by atoms with van der Waals surface area (Å²) in [4.78, 5) is 11.9. The molecule has 1 aromatic rings. The number of rotatable bonds is 2. The van der Waals surface area contributed by atoms with E-state index in [2.05, 4.69) is 12.1 Å². The van der Waals surface area contributed by atoms with Crippen LogP contribution in [0.1, 0.15) is 36.8 Å². The van der Waals surface area contributed by atoms with Crippen molar-refractivity contribution in [2.45, 2.75) is 38.5 Å². The van der Waals surface area contributed by atoms with Gasteiger partial charge in [0.05, 0.1) is 7.11 Å². The Labute approximate surface area is 108 Å². The molecule has 2 heteroatoms. The molecule has 2 atom stereocenters. The third-order valence-electron chi connectivity index (χ3n) is 4.60. The molecule has 0 saturated heterocycles. The number of Topliss-reactive ketones (excluding diaryl/α,β-unsaturated/α-hetero) is 1. The van der Waals surface area contributed by atoms with Crippen LogP contribution in [0.3, 0.4) is 0 Å². The molecule has 0 amide bonds. The number of benzene rings is 1. The lowest BCUT2D eigenvalue weighted by atomic mass is 9.76. The van der Waals surface area contributed by atoms with Crippen LogP contribution in [0.2, 0.25) is 0 Å². The van der Waals surface area contributed by atoms with Crippen LogP contribution in [0.5, 0.6) is 5.75 Å². The average molecular weight is 244 g/mol. The van der Waals surface area contributed by atoms with Crippen molar-refractivity contribution >= 4 is 5.78 Å². The minimum atomic E-state index is 0.347. The molecule has 1 saturated carbocycles. The zero-order valence-electron chi connectivity index (χ0n) is 10.9. The van der Waals surface area contributed by atoms with Gasteiger partial charge in [-0.05, 0) is 61.3 Å². The lowest BCUT2D eigenvalue weighted by Crippen LogP contribution is -2.25. The maximum atomic E-state index is 11.9. The maximum Gasteiger partial charge on any atom is 0.136 e. The molecule has 2 nitrogen and oxygen atoms in total. The van der Waals surface area contributed by atoms with E-state index in [1.54, 1.807) is 7.11 Å². The Morgan fingerprint density at radius 1 is 1.17 bits per heavy atom. The Morgan fingerprint density at radius 2 is 2.06 bits per heavy atom. The molecular weight excluding hydrogens is 224 g/mol. The zero-order chi connectivity index (χ0) is 12.5. The van der Waals surface area contributed by atoms with Gasteiger partial charge in [0.15, 0.2) is 0 Å². The minimum absolute atomic E-state index is 0.347. The second-order valence-electron chi connectivity index (χ2n) is 5.60. The van der Waals surface area contributed by atoms with Gasteiger partial charge in [-0.15, -0.1) is 0 Å². The number of carbonyl (C=O) groups excluding carboxylic acids is 1. The summed E-state index contributed by atoms with van der Waals surface area (Å²) in [5.74, 6) is 2.39. The number of ether oxygens (including phenoxy) is 1. The first kappa shape index (κ1) is 11.8. The molecular formula is C16H20O2. The van der Waals surface area contributed by atoms with Gasteiger partial charge in [-0.2, -0.15) is 0 Å². The second-order valence-corrected chi connectivity index (χ2v) is 5.60. The van der Waals surface area contributed by atoms with Crippen molar-refractivity contribution in [1.29, 1.82) is 0 Å². The van der Waals surface area contributed by atoms with Crippen LogP contribution in [0.4, 0.5) is 0 Å². The summed E-state index contributed by atoms with van der Waals surface area (Å²) in [6.45, 7) is 0. The van der Waals surface area contributed by atoms with E-state index < -0.39 is 0 Å². The van der Waals surface area contributed by atoms with Crippen molar-refractivity contribution < 1.29 is 9.53 Å². The zero-order valence-corrected chi connectivity index (χ0v) is 10.9. The summed E-state index contributed by atoms with van der Waals surface area (Å²) < 4.78 is 5.27. The molecule has 1 fully saturated rings. The summed E-state index contributed by atoms with van der Waals surface area (Å²) in [6.07, 6.45) is 6.38. The number of carbonyl (C=O) groups is 1. The summed E-state index contributed by atoms with van der Waals surface area (Å²) in [6, 6.07) is 6.37. The first-order valence-electron chi connectivity index (χ1n) is 6.96. The van der Waals surface area contributed by atoms with Crippen molar-refractivity contribution in [2.75, 3.05) is 7.11 Å². The van der Waals surface area contributed by atoms with Crippen molar-refractivity contribution in [1.82, 2.24) is 0 Å². The monoisotopic (exact) mass is 244 g/mol. The molecule has 2 aliphatic rings. The van der Waals surface area contributed by atoms with E-state index in [0.29, 0.717) is 17.6 Å². The highest BCUT2D eigenvalue weighted by Crippen LogP contribution is 2.37. The standard InChI is InChI=1S/C16H20O2/c1-18-14-8-7-11-9-13(6-5-12(11)10-14)15-3-2-4-16(15)17/h7-8,10,13,15H,2-6,9H2,1H3/t13-,15-/m0/s1. The van der Waals surface area contributed by atoms with Gasteiger partial charge in [0.2, 0.25) is 0 Å². The van der Waals surface area contributed by atoms with Crippen molar-refractivity contribution in [2.24, 2.45) is 11.8 Å². The van der Waals surface area contributed by atoms with E-state index >= 15 is 0 Å². The van der Waals surface area contributed by atoms with Gasteiger partial charge in [-0.25, -0.2) is 0 Å². The highest BCUT2D eigenvalue weighted by atomic mass is 16.5. The number of aryl methyl sites for hydroxylation is 1. The first-order valence-corrected chi connectivity index (χ1v) is 6.96. The lowest BCUT2D eigenvalue weighted by molar-refractivity contribution is -0.122. The smallest absolute Gasteiger partial charge is 0.136 e. The Hall–Kier alpha value is -1.31. The van der Waals surface area contributed by atoms with Crippen LogP contribution >= 0.6 is 0 Å². The molecule has 3 rings (SSSR count). The van der Waals surface area contributed by atoms with Crippen LogP contribution in [-0.4, -0.2) is 12.9 Å². The van der Waals surface area contributed by atoms with Crippen molar-refractivity contribution in [3.05, 3.63) is 29.3 Å². The van der Waals surface area contributed by atoms with E-state index in [1.165, 1.54) is 11.1 Å². The van der Waals surface area contributed by atoms with Gasteiger partial charge < -0.3 is 4.74 Å². The molecule has 0 bridgehead atoms. The van der Waals surface area contributed by atoms with Gasteiger partial charge in [-0.3, -0.25) is 4.79 Å². The third-order valence-corrected chi connectivity index (χ3v) is 4.60. The van der Waals surface area contributed by atoms with E-state index in [9.17, 15) is 4.79 Å². The fourth-order valence-electron chi connectivity index (χ4n) is 3.57. The molecule has 1 aromatic carbocycles. The summed E-state index contributed by atoms with van der Waals surface area (Å²) in [5.41, 5.74) is 2.84. The molecule has 18 heavy (non-hydrogen) atoms. The van der Waals surface area contributed by atoms with Gasteiger partial charge in [0.25, 0.3) is 0 Å². The summed E-state index contributed by atoms with van der Waals surface area (Å²) in [7, 11) is 1.71. The number of hydrogen-bond donors (Lipinski definition) is 0. The third kappa shape index (κ3) is 2.05. The molecule has 96 valence electrons. The topological polar surface area (TPSA) is 26.3 Å². The Kier molecular flexibility index (Phi) is 3.11. The molecule has 0 spiro atoms. The van der Waals surface area contributed by atoms with E-state index in [4.69, 9.17) is 4.74 Å². The molecule has 0 radical (unpaired) electrons. The molecule has 0 N–H and O–H groups in total. The first-order chi connectivity index (χ1) is 8.78. The van der Waals surface area contributed by atoms with Gasteiger partial charge in [0, 0.05) is 12.3 Å². The molecule has 0 unspecified atom stereocenters. The van der Waals surface area contributed by atoms with Crippen LogP contribution in [0.15, 0.2) is 18.2 Å². The van der Waals surface area contributed by atoms with Gasteiger partial charge in [-0.1, -0.05) is 6.07 Å². The molecule has 2 aliphatic carbocycles. The van der Waals surface area contributed by atoms with Crippen LogP contribution in [-0.2, 0) is 17.6 Å². The van der Waals surface area contributed by atoms with Crippen molar-refractivity contribution in [3.63, 3.8) is 0 Å². The normalized spacial score (nSPS) is 27.1. The largest absolute Gasteiger partial charge is 0.497 e. The Morgan fingerprint density at radius 3 is 2.78 bits per heavy atom. The Bertz CT molecular complexity index is 464. The van der Waals surface area contributed by atoms with Crippen LogP contribution in [0.25, 0.3) is 0 Å². The predicted octanol–water partition coefficient (Wildman–Crippen LogP) is 3.17. The van der Waals surface area contributed by atoms with E-state index in [0.717, 1.165) is 44.3 Å². The quantitative estimate of drug-likeness (QED) is 0.798. The number of ketones is 1. The fraction of sp³-hybridized carbons (Fsp3) is 0.562. The molecule has 0 aliphatic heterocycles. The van der Waals surface area contributed by atoms with Crippen molar-refractivity contribution in [3.8, 4) is 5.75 Å². The number of methoxy groups -OCH3 is 1. The number of fused-ring (bicyclic) bond motifs is 1. The maximum absolute atomic E-state index is 11.9. The van der Waals surface area contributed by atoms with E-state index in [1.807, 2.05) is 6.07 Å². The van der Waals surface area contributed by atoms with Gasteiger partial charge >= 0.3 is 0 Å². The minimum Gasteiger partial charge on any atom is -0.497 e. The molecule has 0 heterocycles. The summed E-state index contributed by atoms with van der Waals surface area (Å²) >= 11 is 0. The fourth-order valence-corrected chi connectivity index (χ4v) is 3.57. The summed E-state index contributed by atoms with van der Waals surface area (Å²) in [5, 5.41) is 0. The van der Waals surface area contributed by atoms with E-state index in [-0.39, 0.29) is 0 Å². The second kappa shape index (κ2) is 4.75. The highest BCUT2D eigenvalue weighted by molar-refractivity contribution is 5.83. The lowest BCUT2D eigenvalue weighted by Gasteiger charge is -2.28. The van der Waals surface area contributed by atoms with Crippen LogP contribution < -0.4 is 4.74 Å². The Balaban J connectivity index is 1.79. The average Bonchev–Trinajstić information content (AvgIpc) is 2.84. The number of hydrogen-bond acceptors (Lipinski definition) is 2. The van der Waals surface area contributed by atoms with Gasteiger partial charge in [0.1, 0.15) is 11.5 Å². The highest BCUT2D eigenvalue weighted by Gasteiger charge is 2.33. The molecule has 0 aromatic heterocycles. The van der Waals surface area contributed by atoms with Crippen LogP contribution in [0, 0.1) is 11.8 Å². The SMILES string of the molecule is COc1ccc2c(c1)CC[C@H]([C@@H]1CCCC1=O)C2. The predicted molar refractivity (Wildman–Crippen MR) is 70.9 cm³/mol.